The lowest BCUT2D eigenvalue weighted by Crippen LogP contribution is -2.17. The van der Waals surface area contributed by atoms with Gasteiger partial charge in [0.2, 0.25) is 11.8 Å². The van der Waals surface area contributed by atoms with E-state index in [-0.39, 0.29) is 6.04 Å². The summed E-state index contributed by atoms with van der Waals surface area (Å²) in [5.41, 5.74) is 6.75. The van der Waals surface area contributed by atoms with E-state index in [1.54, 1.807) is 30.5 Å². The molecule has 1 atom stereocenters. The molecule has 0 spiro atoms. The van der Waals surface area contributed by atoms with Crippen molar-refractivity contribution in [3.63, 3.8) is 0 Å². The second-order valence-electron chi connectivity index (χ2n) is 4.70. The Kier molecular flexibility index (Phi) is 4.90. The van der Waals surface area contributed by atoms with Crippen LogP contribution in [0.3, 0.4) is 0 Å². The Morgan fingerprint density at radius 3 is 2.67 bits per heavy atom. The molecule has 0 fully saturated rings. The highest BCUT2D eigenvalue weighted by Crippen LogP contribution is 2.22. The third-order valence-corrected chi connectivity index (χ3v) is 3.13. The van der Waals surface area contributed by atoms with E-state index in [0.29, 0.717) is 17.2 Å². The van der Waals surface area contributed by atoms with Crippen LogP contribution in [0.25, 0.3) is 0 Å². The minimum Gasteiger partial charge on any atom is -0.439 e. The first-order valence-electron chi connectivity index (χ1n) is 6.87. The molecule has 0 bridgehead atoms. The van der Waals surface area contributed by atoms with Gasteiger partial charge in [0, 0.05) is 23.9 Å². The van der Waals surface area contributed by atoms with Gasteiger partial charge in [0.15, 0.2) is 0 Å². The quantitative estimate of drug-likeness (QED) is 0.855. The molecule has 110 valence electrons. The molecule has 1 aromatic heterocycles. The van der Waals surface area contributed by atoms with Gasteiger partial charge < -0.3 is 15.8 Å². The van der Waals surface area contributed by atoms with E-state index in [2.05, 4.69) is 24.1 Å². The molecule has 5 heteroatoms. The van der Waals surface area contributed by atoms with Crippen molar-refractivity contribution in [1.82, 2.24) is 10.3 Å². The molecule has 0 aliphatic rings. The number of primary amides is 1. The number of carbonyl (C=O) groups excluding carboxylic acids is 1. The predicted octanol–water partition coefficient (Wildman–Crippen LogP) is 2.64. The summed E-state index contributed by atoms with van der Waals surface area (Å²) in [7, 11) is 0. The van der Waals surface area contributed by atoms with Crippen molar-refractivity contribution in [3.8, 4) is 11.6 Å². The number of hydrogen-bond acceptors (Lipinski definition) is 4. The highest BCUT2D eigenvalue weighted by atomic mass is 16.5. The van der Waals surface area contributed by atoms with Gasteiger partial charge in [0.1, 0.15) is 5.75 Å². The van der Waals surface area contributed by atoms with E-state index in [4.69, 9.17) is 10.5 Å². The van der Waals surface area contributed by atoms with Crippen LogP contribution in [0.2, 0.25) is 0 Å². The molecular weight excluding hydrogens is 266 g/mol. The number of nitrogens with zero attached hydrogens (tertiary/aromatic N) is 1. The second kappa shape index (κ2) is 6.85. The molecule has 0 radical (unpaired) electrons. The molecular formula is C16H19N3O2. The van der Waals surface area contributed by atoms with Gasteiger partial charge in [0.25, 0.3) is 0 Å². The number of rotatable bonds is 6. The fourth-order valence-electron chi connectivity index (χ4n) is 1.98. The monoisotopic (exact) mass is 285 g/mol. The first kappa shape index (κ1) is 15.0. The topological polar surface area (TPSA) is 77.2 Å². The van der Waals surface area contributed by atoms with Gasteiger partial charge in [-0.2, -0.15) is 0 Å². The Morgan fingerprint density at radius 1 is 1.33 bits per heavy atom. The van der Waals surface area contributed by atoms with Gasteiger partial charge in [-0.3, -0.25) is 4.79 Å². The number of ether oxygens (including phenoxy) is 1. The molecule has 0 aliphatic heterocycles. The maximum Gasteiger partial charge on any atom is 0.248 e. The maximum absolute atomic E-state index is 11.0. The van der Waals surface area contributed by atoms with Crippen LogP contribution in [0.5, 0.6) is 11.6 Å². The van der Waals surface area contributed by atoms with Gasteiger partial charge in [0.05, 0.1) is 0 Å². The normalized spacial score (nSPS) is 11.9. The molecule has 1 aromatic carbocycles. The van der Waals surface area contributed by atoms with Crippen LogP contribution in [0.4, 0.5) is 0 Å². The summed E-state index contributed by atoms with van der Waals surface area (Å²) in [5.74, 6) is 0.672. The summed E-state index contributed by atoms with van der Waals surface area (Å²) in [6.45, 7) is 5.05. The van der Waals surface area contributed by atoms with E-state index in [0.717, 1.165) is 12.1 Å². The van der Waals surface area contributed by atoms with Crippen LogP contribution in [0, 0.1) is 0 Å². The number of pyridine rings is 1. The van der Waals surface area contributed by atoms with E-state index in [1.807, 2.05) is 12.1 Å². The highest BCUT2D eigenvalue weighted by molar-refractivity contribution is 5.92. The van der Waals surface area contributed by atoms with Crippen molar-refractivity contribution in [2.75, 3.05) is 6.54 Å². The van der Waals surface area contributed by atoms with Crippen LogP contribution in [0.15, 0.2) is 42.6 Å². The highest BCUT2D eigenvalue weighted by Gasteiger charge is 2.07. The number of nitrogens with two attached hydrogens (primary N) is 1. The van der Waals surface area contributed by atoms with Crippen molar-refractivity contribution in [2.24, 2.45) is 5.73 Å². The van der Waals surface area contributed by atoms with Gasteiger partial charge in [-0.1, -0.05) is 6.92 Å². The summed E-state index contributed by atoms with van der Waals surface area (Å²) >= 11 is 0. The molecule has 1 heterocycles. The average molecular weight is 285 g/mol. The summed E-state index contributed by atoms with van der Waals surface area (Å²) in [5, 5.41) is 3.34. The molecule has 1 amide bonds. The van der Waals surface area contributed by atoms with Crippen LogP contribution >= 0.6 is 0 Å². The minimum absolute atomic E-state index is 0.234. The lowest BCUT2D eigenvalue weighted by Gasteiger charge is -2.13. The third kappa shape index (κ3) is 4.03. The SMILES string of the molecule is CCNC(C)c1ccnc(Oc2ccc(C(N)=O)cc2)c1. The van der Waals surface area contributed by atoms with E-state index < -0.39 is 5.91 Å². The maximum atomic E-state index is 11.0. The Hall–Kier alpha value is -2.40. The Morgan fingerprint density at radius 2 is 2.05 bits per heavy atom. The van der Waals surface area contributed by atoms with Gasteiger partial charge in [-0.15, -0.1) is 0 Å². The number of hydrogen-bond donors (Lipinski definition) is 2. The molecule has 0 saturated heterocycles. The summed E-state index contributed by atoms with van der Waals surface area (Å²) < 4.78 is 5.69. The van der Waals surface area contributed by atoms with E-state index in [9.17, 15) is 4.79 Å². The Balaban J connectivity index is 2.12. The van der Waals surface area contributed by atoms with Crippen molar-refractivity contribution < 1.29 is 9.53 Å². The molecule has 1 unspecified atom stereocenters. The van der Waals surface area contributed by atoms with Gasteiger partial charge in [-0.25, -0.2) is 4.98 Å². The smallest absolute Gasteiger partial charge is 0.248 e. The number of amides is 1. The molecule has 0 aliphatic carbocycles. The molecule has 5 nitrogen and oxygen atoms in total. The zero-order chi connectivity index (χ0) is 15.2. The predicted molar refractivity (Wildman–Crippen MR) is 81.4 cm³/mol. The van der Waals surface area contributed by atoms with Gasteiger partial charge >= 0.3 is 0 Å². The van der Waals surface area contributed by atoms with Gasteiger partial charge in [-0.05, 0) is 49.4 Å². The van der Waals surface area contributed by atoms with Crippen LogP contribution in [-0.4, -0.2) is 17.4 Å². The number of nitrogens with one attached hydrogen (secondary N) is 1. The molecule has 2 rings (SSSR count). The lowest BCUT2D eigenvalue weighted by atomic mass is 10.1. The van der Waals surface area contributed by atoms with Crippen molar-refractivity contribution >= 4 is 5.91 Å². The van der Waals surface area contributed by atoms with Crippen molar-refractivity contribution in [3.05, 3.63) is 53.7 Å². The first-order chi connectivity index (χ1) is 10.1. The number of aromatic nitrogens is 1. The molecule has 0 saturated carbocycles. The summed E-state index contributed by atoms with van der Waals surface area (Å²) in [6.07, 6.45) is 1.72. The zero-order valence-corrected chi connectivity index (χ0v) is 12.2. The fraction of sp³-hybridized carbons (Fsp3) is 0.250. The average Bonchev–Trinajstić information content (AvgIpc) is 2.48. The Labute approximate surface area is 124 Å². The largest absolute Gasteiger partial charge is 0.439 e. The number of carbonyl (C=O) groups is 1. The van der Waals surface area contributed by atoms with E-state index in [1.165, 1.54) is 0 Å². The van der Waals surface area contributed by atoms with Crippen LogP contribution in [0.1, 0.15) is 35.8 Å². The third-order valence-electron chi connectivity index (χ3n) is 3.13. The molecule has 3 N–H and O–H groups in total. The zero-order valence-electron chi connectivity index (χ0n) is 12.2. The summed E-state index contributed by atoms with van der Waals surface area (Å²) in [4.78, 5) is 15.2. The molecule has 2 aromatic rings. The minimum atomic E-state index is -0.457. The Bertz CT molecular complexity index is 611. The van der Waals surface area contributed by atoms with Crippen molar-refractivity contribution in [2.45, 2.75) is 19.9 Å². The van der Waals surface area contributed by atoms with E-state index >= 15 is 0 Å². The number of benzene rings is 1. The van der Waals surface area contributed by atoms with Crippen molar-refractivity contribution in [1.29, 1.82) is 0 Å². The van der Waals surface area contributed by atoms with Crippen LogP contribution in [-0.2, 0) is 0 Å². The fourth-order valence-corrected chi connectivity index (χ4v) is 1.98. The second-order valence-corrected chi connectivity index (χ2v) is 4.70. The summed E-state index contributed by atoms with van der Waals surface area (Å²) in [6, 6.07) is 10.7. The van der Waals surface area contributed by atoms with Crippen LogP contribution < -0.4 is 15.8 Å². The lowest BCUT2D eigenvalue weighted by molar-refractivity contribution is 0.100. The standard InChI is InChI=1S/C16H19N3O2/c1-3-18-11(2)13-8-9-19-15(10-13)21-14-6-4-12(5-7-14)16(17)20/h4-11,18H,3H2,1-2H3,(H2,17,20). The molecule has 21 heavy (non-hydrogen) atoms. The first-order valence-corrected chi connectivity index (χ1v) is 6.87.